The largest absolute Gasteiger partial charge is 0.480 e. The molecule has 2 fully saturated rings. The van der Waals surface area contributed by atoms with Crippen LogP contribution in [0.3, 0.4) is 0 Å². The van der Waals surface area contributed by atoms with Crippen molar-refractivity contribution in [1.82, 2.24) is 9.80 Å². The first-order valence-corrected chi connectivity index (χ1v) is 12.0. The van der Waals surface area contributed by atoms with E-state index in [1.807, 2.05) is 4.90 Å². The lowest BCUT2D eigenvalue weighted by Crippen LogP contribution is -2.46. The Hall–Kier alpha value is -3.60. The smallest absolute Gasteiger partial charge is 0.410 e. The predicted octanol–water partition coefficient (Wildman–Crippen LogP) is 3.90. The fraction of sp³-hybridized carbons (Fsp3) is 0.423. The maximum atomic E-state index is 13.5. The van der Waals surface area contributed by atoms with Gasteiger partial charge < -0.3 is 15.2 Å². The van der Waals surface area contributed by atoms with Gasteiger partial charge in [0.05, 0.1) is 6.42 Å². The highest BCUT2D eigenvalue weighted by Crippen LogP contribution is 2.32. The van der Waals surface area contributed by atoms with Crippen molar-refractivity contribution in [2.45, 2.75) is 50.3 Å². The highest BCUT2D eigenvalue weighted by Gasteiger charge is 2.45. The molecule has 0 saturated carbocycles. The normalized spacial score (nSPS) is 21.4. The Morgan fingerprint density at radius 3 is 2.24 bits per heavy atom. The van der Waals surface area contributed by atoms with Crippen LogP contribution in [0.1, 0.15) is 30.4 Å². The second kappa shape index (κ2) is 11.2. The van der Waals surface area contributed by atoms with Gasteiger partial charge in [-0.15, -0.1) is 0 Å². The quantitative estimate of drug-likeness (QED) is 0.576. The van der Waals surface area contributed by atoms with Crippen LogP contribution in [0, 0.1) is 5.82 Å². The van der Waals surface area contributed by atoms with Crippen molar-refractivity contribution in [3.8, 4) is 0 Å². The van der Waals surface area contributed by atoms with E-state index in [2.05, 4.69) is 5.32 Å². The Balaban J connectivity index is 1.27. The molecule has 2 aromatic rings. The maximum absolute atomic E-state index is 13.5. The van der Waals surface area contributed by atoms with Crippen molar-refractivity contribution in [1.29, 1.82) is 0 Å². The monoisotopic (exact) mass is 519 g/mol. The number of piperidine rings is 1. The van der Waals surface area contributed by atoms with Gasteiger partial charge in [0.15, 0.2) is 0 Å². The van der Waals surface area contributed by atoms with Crippen molar-refractivity contribution < 1.29 is 37.4 Å². The summed E-state index contributed by atoms with van der Waals surface area (Å²) >= 11 is 0. The standard InChI is InChI=1S/C26H28F3N3O5/c27-19-5-1-17(2-6-19)13-23(33)30-20-7-3-18(4-8-20)16-37-25(36)32-15-21(14-22(32)24(34)35)31-11-9-26(28,29)10-12-31/h1-8,21-22H,9-16H2,(H,30,33)(H,34,35)/t21-,22-/m0/s1. The number of rotatable bonds is 7. The fourth-order valence-electron chi connectivity index (χ4n) is 4.64. The van der Waals surface area contributed by atoms with Crippen molar-refractivity contribution in [2.24, 2.45) is 0 Å². The number of carbonyl (C=O) groups excluding carboxylic acids is 2. The van der Waals surface area contributed by atoms with E-state index in [1.165, 1.54) is 24.3 Å². The molecule has 2 aromatic carbocycles. The van der Waals surface area contributed by atoms with E-state index in [0.29, 0.717) is 16.8 Å². The number of amides is 2. The summed E-state index contributed by atoms with van der Waals surface area (Å²) in [5.41, 5.74) is 1.83. The molecular weight excluding hydrogens is 491 g/mol. The van der Waals surface area contributed by atoms with Crippen molar-refractivity contribution in [3.05, 3.63) is 65.5 Å². The fourth-order valence-corrected chi connectivity index (χ4v) is 4.64. The van der Waals surface area contributed by atoms with Gasteiger partial charge in [-0.25, -0.2) is 22.8 Å². The number of hydrogen-bond donors (Lipinski definition) is 2. The van der Waals surface area contributed by atoms with Gasteiger partial charge in [0.25, 0.3) is 5.92 Å². The average Bonchev–Trinajstić information content (AvgIpc) is 3.31. The molecule has 0 aromatic heterocycles. The second-order valence-electron chi connectivity index (χ2n) is 9.39. The molecule has 2 N–H and O–H groups in total. The third-order valence-electron chi connectivity index (χ3n) is 6.72. The van der Waals surface area contributed by atoms with Gasteiger partial charge in [0, 0.05) is 44.2 Å². The number of carboxylic acids is 1. The first kappa shape index (κ1) is 26.5. The van der Waals surface area contributed by atoms with Crippen molar-refractivity contribution in [3.63, 3.8) is 0 Å². The molecule has 8 nitrogen and oxygen atoms in total. The van der Waals surface area contributed by atoms with Crippen LogP contribution in [0.5, 0.6) is 0 Å². The van der Waals surface area contributed by atoms with E-state index >= 15 is 0 Å². The van der Waals surface area contributed by atoms with Crippen LogP contribution in [-0.2, 0) is 27.4 Å². The minimum Gasteiger partial charge on any atom is -0.480 e. The van der Waals surface area contributed by atoms with Crippen LogP contribution in [0.4, 0.5) is 23.7 Å². The van der Waals surface area contributed by atoms with Crippen LogP contribution in [0.2, 0.25) is 0 Å². The SMILES string of the molecule is O=C(Cc1ccc(F)cc1)Nc1ccc(COC(=O)N2C[C@@H](N3CCC(F)(F)CC3)C[C@H]2C(=O)O)cc1. The maximum Gasteiger partial charge on any atom is 0.410 e. The van der Waals surface area contributed by atoms with Crippen molar-refractivity contribution in [2.75, 3.05) is 25.0 Å². The lowest BCUT2D eigenvalue weighted by Gasteiger charge is -2.35. The van der Waals surface area contributed by atoms with Crippen LogP contribution < -0.4 is 5.32 Å². The first-order valence-electron chi connectivity index (χ1n) is 12.0. The minimum absolute atomic E-state index is 0.0844. The highest BCUT2D eigenvalue weighted by molar-refractivity contribution is 5.92. The van der Waals surface area contributed by atoms with Gasteiger partial charge in [0.2, 0.25) is 5.91 Å². The molecule has 2 saturated heterocycles. The number of anilines is 1. The zero-order valence-corrected chi connectivity index (χ0v) is 20.0. The van der Waals surface area contributed by atoms with Gasteiger partial charge in [-0.05, 0) is 41.8 Å². The van der Waals surface area contributed by atoms with E-state index in [4.69, 9.17) is 4.74 Å². The van der Waals surface area contributed by atoms with Gasteiger partial charge in [-0.3, -0.25) is 14.6 Å². The zero-order valence-electron chi connectivity index (χ0n) is 20.0. The van der Waals surface area contributed by atoms with E-state index < -0.39 is 24.0 Å². The van der Waals surface area contributed by atoms with Crippen LogP contribution >= 0.6 is 0 Å². The molecule has 37 heavy (non-hydrogen) atoms. The number of carbonyl (C=O) groups is 3. The van der Waals surface area contributed by atoms with E-state index in [1.54, 1.807) is 24.3 Å². The van der Waals surface area contributed by atoms with E-state index in [0.717, 1.165) is 4.90 Å². The number of nitrogens with one attached hydrogen (secondary N) is 1. The third-order valence-corrected chi connectivity index (χ3v) is 6.72. The molecule has 2 aliphatic rings. The Labute approximate surface area is 212 Å². The molecule has 0 aliphatic carbocycles. The molecule has 2 atom stereocenters. The highest BCUT2D eigenvalue weighted by atomic mass is 19.3. The second-order valence-corrected chi connectivity index (χ2v) is 9.39. The van der Waals surface area contributed by atoms with Gasteiger partial charge in [-0.2, -0.15) is 0 Å². The molecule has 2 heterocycles. The molecule has 0 unspecified atom stereocenters. The molecule has 2 aliphatic heterocycles. The number of hydrogen-bond acceptors (Lipinski definition) is 5. The average molecular weight is 520 g/mol. The number of carboxylic acid groups (broad SMARTS) is 1. The lowest BCUT2D eigenvalue weighted by molar-refractivity contribution is -0.141. The van der Waals surface area contributed by atoms with Gasteiger partial charge in [0.1, 0.15) is 18.5 Å². The first-order chi connectivity index (χ1) is 17.6. The number of halogens is 3. The number of benzene rings is 2. The number of alkyl halides is 2. The van der Waals surface area contributed by atoms with E-state index in [9.17, 15) is 32.7 Å². The number of ether oxygens (including phenoxy) is 1. The van der Waals surface area contributed by atoms with Crippen LogP contribution in [-0.4, -0.2) is 70.5 Å². The minimum atomic E-state index is -2.71. The molecule has 0 spiro atoms. The molecule has 11 heteroatoms. The molecule has 4 rings (SSSR count). The van der Waals surface area contributed by atoms with Gasteiger partial charge in [-0.1, -0.05) is 24.3 Å². The predicted molar refractivity (Wildman–Crippen MR) is 128 cm³/mol. The molecule has 0 bridgehead atoms. The van der Waals surface area contributed by atoms with Crippen molar-refractivity contribution >= 4 is 23.7 Å². The van der Waals surface area contributed by atoms with Crippen LogP contribution in [0.15, 0.2) is 48.5 Å². The lowest BCUT2D eigenvalue weighted by atomic mass is 10.0. The zero-order chi connectivity index (χ0) is 26.6. The van der Waals surface area contributed by atoms with E-state index in [-0.39, 0.29) is 69.7 Å². The summed E-state index contributed by atoms with van der Waals surface area (Å²) in [5, 5.41) is 12.3. The molecular formula is C26H28F3N3O5. The Morgan fingerprint density at radius 1 is 1.00 bits per heavy atom. The Kier molecular flexibility index (Phi) is 8.01. The third kappa shape index (κ3) is 7.00. The summed E-state index contributed by atoms with van der Waals surface area (Å²) in [6, 6.07) is 10.9. The number of aliphatic carboxylic acids is 1. The number of likely N-dealkylation sites (tertiary alicyclic amines) is 2. The molecule has 2 amide bonds. The molecule has 0 radical (unpaired) electrons. The summed E-state index contributed by atoms with van der Waals surface area (Å²) in [5.74, 6) is -4.52. The van der Waals surface area contributed by atoms with Crippen LogP contribution in [0.25, 0.3) is 0 Å². The summed E-state index contributed by atoms with van der Waals surface area (Å²) in [6.07, 6.45) is -1.11. The number of nitrogens with zero attached hydrogens (tertiary/aromatic N) is 2. The molecule has 198 valence electrons. The summed E-state index contributed by atoms with van der Waals surface area (Å²) in [4.78, 5) is 39.6. The Morgan fingerprint density at radius 2 is 1.62 bits per heavy atom. The topological polar surface area (TPSA) is 99.2 Å². The summed E-state index contributed by atoms with van der Waals surface area (Å²) in [7, 11) is 0. The Bertz CT molecular complexity index is 1120. The summed E-state index contributed by atoms with van der Waals surface area (Å²) < 4.78 is 45.3. The van der Waals surface area contributed by atoms with Gasteiger partial charge >= 0.3 is 12.1 Å². The summed E-state index contributed by atoms with van der Waals surface area (Å²) in [6.45, 7) is 0.297.